The van der Waals surface area contributed by atoms with Crippen molar-refractivity contribution in [1.82, 2.24) is 0 Å². The monoisotopic (exact) mass is 256 g/mol. The van der Waals surface area contributed by atoms with Crippen LogP contribution >= 0.6 is 15.9 Å². The van der Waals surface area contributed by atoms with Gasteiger partial charge in [0.15, 0.2) is 0 Å². The van der Waals surface area contributed by atoms with E-state index >= 15 is 0 Å². The molecule has 0 aliphatic heterocycles. The lowest BCUT2D eigenvalue weighted by molar-refractivity contribution is 0.275. The van der Waals surface area contributed by atoms with Crippen LogP contribution in [0.5, 0.6) is 0 Å². The average molecular weight is 257 g/mol. The Morgan fingerprint density at radius 1 is 1.43 bits per heavy atom. The van der Waals surface area contributed by atoms with Crippen LogP contribution in [0.4, 0.5) is 4.39 Å². The first-order chi connectivity index (χ1) is 6.81. The molecule has 0 radical (unpaired) electrons. The summed E-state index contributed by atoms with van der Waals surface area (Å²) in [5.41, 5.74) is 1.14. The zero-order valence-electron chi connectivity index (χ0n) is 8.05. The lowest BCUT2D eigenvalue weighted by atomic mass is 9.74. The van der Waals surface area contributed by atoms with Crippen molar-refractivity contribution in [3.8, 4) is 0 Å². The van der Waals surface area contributed by atoms with Gasteiger partial charge in [-0.2, -0.15) is 0 Å². The molecule has 1 aliphatic carbocycles. The van der Waals surface area contributed by atoms with Crippen molar-refractivity contribution in [2.24, 2.45) is 5.92 Å². The van der Waals surface area contributed by atoms with Gasteiger partial charge in [-0.15, -0.1) is 0 Å². The maximum atomic E-state index is 13.0. The van der Waals surface area contributed by atoms with E-state index in [0.717, 1.165) is 16.8 Å². The summed E-state index contributed by atoms with van der Waals surface area (Å²) in [4.78, 5) is 0. The van der Waals surface area contributed by atoms with E-state index in [1.807, 2.05) is 6.07 Å². The molecule has 2 heteroatoms. The number of hydrogen-bond acceptors (Lipinski definition) is 0. The van der Waals surface area contributed by atoms with Crippen molar-refractivity contribution < 1.29 is 4.39 Å². The van der Waals surface area contributed by atoms with Gasteiger partial charge in [0.1, 0.15) is 5.82 Å². The molecule has 1 aromatic rings. The minimum atomic E-state index is -0.118. The summed E-state index contributed by atoms with van der Waals surface area (Å²) < 4.78 is 13.0. The summed E-state index contributed by atoms with van der Waals surface area (Å²) in [6.45, 7) is 0. The predicted octanol–water partition coefficient (Wildman–Crippen LogP) is 4.10. The van der Waals surface area contributed by atoms with Crippen LogP contribution in [-0.2, 0) is 0 Å². The second-order valence-electron chi connectivity index (χ2n) is 4.01. The van der Waals surface area contributed by atoms with Crippen LogP contribution in [0.3, 0.4) is 0 Å². The van der Waals surface area contributed by atoms with E-state index in [-0.39, 0.29) is 5.82 Å². The van der Waals surface area contributed by atoms with E-state index in [9.17, 15) is 4.39 Å². The Kier molecular flexibility index (Phi) is 3.22. The van der Waals surface area contributed by atoms with E-state index in [0.29, 0.717) is 5.92 Å². The maximum absolute atomic E-state index is 13.0. The summed E-state index contributed by atoms with van der Waals surface area (Å²) in [7, 11) is 0. The van der Waals surface area contributed by atoms with Crippen LogP contribution in [0.25, 0.3) is 0 Å². The molecule has 0 heterocycles. The Bertz CT molecular complexity index is 307. The van der Waals surface area contributed by atoms with Gasteiger partial charge in [-0.3, -0.25) is 0 Å². The van der Waals surface area contributed by atoms with E-state index in [1.165, 1.54) is 25.3 Å². The van der Waals surface area contributed by atoms with E-state index in [2.05, 4.69) is 15.9 Å². The number of halogens is 2. The van der Waals surface area contributed by atoms with Crippen LogP contribution in [0.2, 0.25) is 0 Å². The average Bonchev–Trinajstić information content (AvgIpc) is 2.10. The fourth-order valence-electron chi connectivity index (χ4n) is 2.07. The van der Waals surface area contributed by atoms with E-state index < -0.39 is 0 Å². The second-order valence-corrected chi connectivity index (χ2v) is 4.65. The molecule has 0 saturated heterocycles. The van der Waals surface area contributed by atoms with Crippen LogP contribution in [0, 0.1) is 11.7 Å². The second kappa shape index (κ2) is 4.43. The quantitative estimate of drug-likeness (QED) is 0.715. The van der Waals surface area contributed by atoms with Gasteiger partial charge in [0, 0.05) is 5.33 Å². The molecule has 1 unspecified atom stereocenters. The minimum absolute atomic E-state index is 0.118. The molecule has 0 bridgehead atoms. The molecule has 0 nitrogen and oxygen atoms in total. The molecule has 76 valence electrons. The molecule has 14 heavy (non-hydrogen) atoms. The number of hydrogen-bond donors (Lipinski definition) is 0. The number of rotatable bonds is 3. The number of benzene rings is 1. The maximum Gasteiger partial charge on any atom is 0.123 e. The van der Waals surface area contributed by atoms with Crippen molar-refractivity contribution >= 4 is 15.9 Å². The fraction of sp³-hybridized carbons (Fsp3) is 0.500. The Hall–Kier alpha value is -0.370. The van der Waals surface area contributed by atoms with Crippen molar-refractivity contribution in [1.29, 1.82) is 0 Å². The largest absolute Gasteiger partial charge is 0.207 e. The molecule has 1 aliphatic rings. The zero-order chi connectivity index (χ0) is 9.97. The van der Waals surface area contributed by atoms with Crippen molar-refractivity contribution in [3.05, 3.63) is 35.6 Å². The van der Waals surface area contributed by atoms with E-state index in [1.54, 1.807) is 12.1 Å². The lowest BCUT2D eigenvalue weighted by Crippen LogP contribution is -2.21. The topological polar surface area (TPSA) is 0 Å². The van der Waals surface area contributed by atoms with Crippen LogP contribution < -0.4 is 0 Å². The minimum Gasteiger partial charge on any atom is -0.207 e. The SMILES string of the molecule is Fc1cccc(C(CBr)C2CCC2)c1. The first-order valence-corrected chi connectivity index (χ1v) is 6.25. The van der Waals surface area contributed by atoms with Gasteiger partial charge in [0.2, 0.25) is 0 Å². The summed E-state index contributed by atoms with van der Waals surface area (Å²) in [5, 5.41) is 0.946. The molecule has 0 aromatic heterocycles. The summed E-state index contributed by atoms with van der Waals surface area (Å²) in [5.74, 6) is 1.14. The first-order valence-electron chi connectivity index (χ1n) is 5.12. The van der Waals surface area contributed by atoms with Gasteiger partial charge >= 0.3 is 0 Å². The van der Waals surface area contributed by atoms with Crippen molar-refractivity contribution in [2.45, 2.75) is 25.2 Å². The summed E-state index contributed by atoms with van der Waals surface area (Å²) in [6, 6.07) is 7.02. The predicted molar refractivity (Wildman–Crippen MR) is 60.3 cm³/mol. The van der Waals surface area contributed by atoms with Crippen LogP contribution in [0.1, 0.15) is 30.7 Å². The number of alkyl halides is 1. The molecule has 1 atom stereocenters. The Morgan fingerprint density at radius 3 is 2.71 bits per heavy atom. The van der Waals surface area contributed by atoms with Gasteiger partial charge in [0.05, 0.1) is 0 Å². The Labute approximate surface area is 92.6 Å². The van der Waals surface area contributed by atoms with Crippen LogP contribution in [-0.4, -0.2) is 5.33 Å². The van der Waals surface area contributed by atoms with E-state index in [4.69, 9.17) is 0 Å². The third-order valence-electron chi connectivity index (χ3n) is 3.16. The molecule has 1 aromatic carbocycles. The highest BCUT2D eigenvalue weighted by atomic mass is 79.9. The first kappa shape index (κ1) is 10.2. The third-order valence-corrected chi connectivity index (χ3v) is 3.86. The van der Waals surface area contributed by atoms with Gasteiger partial charge in [-0.25, -0.2) is 4.39 Å². The van der Waals surface area contributed by atoms with Gasteiger partial charge in [0.25, 0.3) is 0 Å². The lowest BCUT2D eigenvalue weighted by Gasteiger charge is -2.33. The van der Waals surface area contributed by atoms with Crippen LogP contribution in [0.15, 0.2) is 24.3 Å². The summed E-state index contributed by atoms with van der Waals surface area (Å²) >= 11 is 3.53. The molecule has 1 saturated carbocycles. The fourth-order valence-corrected chi connectivity index (χ4v) is 2.97. The molecule has 0 amide bonds. The van der Waals surface area contributed by atoms with Gasteiger partial charge in [-0.05, 0) is 42.4 Å². The Balaban J connectivity index is 2.17. The van der Waals surface area contributed by atoms with Crippen molar-refractivity contribution in [2.75, 3.05) is 5.33 Å². The molecular weight excluding hydrogens is 243 g/mol. The molecular formula is C12H14BrF. The van der Waals surface area contributed by atoms with Crippen molar-refractivity contribution in [3.63, 3.8) is 0 Å². The van der Waals surface area contributed by atoms with Gasteiger partial charge < -0.3 is 0 Å². The summed E-state index contributed by atoms with van der Waals surface area (Å²) in [6.07, 6.45) is 3.93. The molecule has 0 spiro atoms. The zero-order valence-corrected chi connectivity index (χ0v) is 9.63. The highest BCUT2D eigenvalue weighted by molar-refractivity contribution is 9.09. The smallest absolute Gasteiger partial charge is 0.123 e. The molecule has 2 rings (SSSR count). The molecule has 0 N–H and O–H groups in total. The Morgan fingerprint density at radius 2 is 2.21 bits per heavy atom. The van der Waals surface area contributed by atoms with Gasteiger partial charge in [-0.1, -0.05) is 34.5 Å². The highest BCUT2D eigenvalue weighted by Crippen LogP contribution is 2.40. The third kappa shape index (κ3) is 2.00. The highest BCUT2D eigenvalue weighted by Gasteiger charge is 2.27. The molecule has 1 fully saturated rings. The normalized spacial score (nSPS) is 19.0. The standard InChI is InChI=1S/C12H14BrF/c13-8-12(9-3-1-4-9)10-5-2-6-11(14)7-10/h2,5-7,9,12H,1,3-4,8H2.